The normalized spacial score (nSPS) is 22.8. The second kappa shape index (κ2) is 7.77. The van der Waals surface area contributed by atoms with Crippen molar-refractivity contribution in [2.45, 2.75) is 13.0 Å². The molecule has 0 aliphatic carbocycles. The Morgan fingerprint density at radius 3 is 2.61 bits per heavy atom. The van der Waals surface area contributed by atoms with Crippen LogP contribution in [0.4, 0.5) is 11.4 Å². The van der Waals surface area contributed by atoms with Crippen molar-refractivity contribution in [2.24, 2.45) is 0 Å². The summed E-state index contributed by atoms with van der Waals surface area (Å²) in [4.78, 5) is 16.6. The van der Waals surface area contributed by atoms with Gasteiger partial charge in [-0.05, 0) is 31.2 Å². The number of carbonyl (C=O) groups excluding carboxylic acids is 1. The van der Waals surface area contributed by atoms with Crippen LogP contribution < -0.4 is 10.2 Å². The van der Waals surface area contributed by atoms with E-state index in [4.69, 9.17) is 9.47 Å². The largest absolute Gasteiger partial charge is 0.378 e. The van der Waals surface area contributed by atoms with Gasteiger partial charge in [-0.3, -0.25) is 9.69 Å². The number of amides is 1. The number of benzene rings is 1. The molecule has 0 radical (unpaired) electrons. The molecule has 1 aromatic carbocycles. The molecule has 1 N–H and O–H groups in total. The van der Waals surface area contributed by atoms with E-state index in [1.54, 1.807) is 0 Å². The number of nitrogens with one attached hydrogen (secondary N) is 1. The van der Waals surface area contributed by atoms with Crippen molar-refractivity contribution < 1.29 is 14.3 Å². The van der Waals surface area contributed by atoms with E-state index in [-0.39, 0.29) is 12.0 Å². The molecular formula is C17H25N3O3. The summed E-state index contributed by atoms with van der Waals surface area (Å²) in [5.41, 5.74) is 2.02. The average molecular weight is 319 g/mol. The maximum absolute atomic E-state index is 12.2. The Morgan fingerprint density at radius 1 is 1.17 bits per heavy atom. The Labute approximate surface area is 137 Å². The van der Waals surface area contributed by atoms with Crippen LogP contribution in [0.2, 0.25) is 0 Å². The van der Waals surface area contributed by atoms with Crippen molar-refractivity contribution in [1.29, 1.82) is 0 Å². The third kappa shape index (κ3) is 4.67. The molecule has 23 heavy (non-hydrogen) atoms. The van der Waals surface area contributed by atoms with Gasteiger partial charge in [0, 0.05) is 37.6 Å². The van der Waals surface area contributed by atoms with E-state index >= 15 is 0 Å². The van der Waals surface area contributed by atoms with E-state index in [1.165, 1.54) is 5.69 Å². The number of ether oxygens (including phenoxy) is 2. The lowest BCUT2D eigenvalue weighted by Gasteiger charge is -2.30. The van der Waals surface area contributed by atoms with Gasteiger partial charge in [0.2, 0.25) is 5.91 Å². The molecule has 6 nitrogen and oxygen atoms in total. The van der Waals surface area contributed by atoms with Crippen molar-refractivity contribution in [3.63, 3.8) is 0 Å². The van der Waals surface area contributed by atoms with Crippen LogP contribution in [-0.2, 0) is 14.3 Å². The van der Waals surface area contributed by atoms with Crippen molar-refractivity contribution in [2.75, 3.05) is 62.8 Å². The minimum atomic E-state index is 0.0261. The fourth-order valence-electron chi connectivity index (χ4n) is 3.01. The first-order chi connectivity index (χ1) is 11.2. The van der Waals surface area contributed by atoms with E-state index in [9.17, 15) is 4.79 Å². The molecule has 0 spiro atoms. The van der Waals surface area contributed by atoms with Gasteiger partial charge in [-0.1, -0.05) is 0 Å². The quantitative estimate of drug-likeness (QED) is 0.903. The molecule has 0 saturated carbocycles. The summed E-state index contributed by atoms with van der Waals surface area (Å²) in [7, 11) is 0. The van der Waals surface area contributed by atoms with E-state index in [0.29, 0.717) is 13.2 Å². The van der Waals surface area contributed by atoms with Crippen LogP contribution in [0.15, 0.2) is 24.3 Å². The summed E-state index contributed by atoms with van der Waals surface area (Å²) >= 11 is 0. The van der Waals surface area contributed by atoms with Gasteiger partial charge in [0.15, 0.2) is 0 Å². The predicted octanol–water partition coefficient (Wildman–Crippen LogP) is 1.18. The molecular weight excluding hydrogens is 294 g/mol. The molecule has 1 aromatic rings. The third-order valence-corrected chi connectivity index (χ3v) is 4.22. The number of hydrogen-bond donors (Lipinski definition) is 1. The van der Waals surface area contributed by atoms with Crippen LogP contribution in [0.5, 0.6) is 0 Å². The summed E-state index contributed by atoms with van der Waals surface area (Å²) in [6.07, 6.45) is 0.198. The van der Waals surface area contributed by atoms with Crippen molar-refractivity contribution in [3.05, 3.63) is 24.3 Å². The Kier molecular flexibility index (Phi) is 5.48. The Bertz CT molecular complexity index is 514. The Balaban J connectivity index is 1.50. The SMILES string of the molecule is C[C@H]1CN(CC(=O)Nc2ccc(N3CCOCC3)cc2)CCO1. The summed E-state index contributed by atoms with van der Waals surface area (Å²) in [5.74, 6) is 0.0261. The van der Waals surface area contributed by atoms with Gasteiger partial charge < -0.3 is 19.7 Å². The number of carbonyl (C=O) groups is 1. The first-order valence-corrected chi connectivity index (χ1v) is 8.27. The molecule has 2 saturated heterocycles. The molecule has 1 atom stereocenters. The maximum atomic E-state index is 12.2. The molecule has 126 valence electrons. The van der Waals surface area contributed by atoms with Crippen LogP contribution in [0, 0.1) is 0 Å². The number of rotatable bonds is 4. The van der Waals surface area contributed by atoms with Gasteiger partial charge in [-0.25, -0.2) is 0 Å². The summed E-state index contributed by atoms with van der Waals surface area (Å²) < 4.78 is 10.9. The minimum Gasteiger partial charge on any atom is -0.378 e. The predicted molar refractivity (Wildman–Crippen MR) is 90.0 cm³/mol. The fraction of sp³-hybridized carbons (Fsp3) is 0.588. The summed E-state index contributed by atoms with van der Waals surface area (Å²) in [6, 6.07) is 8.03. The number of nitrogens with zero attached hydrogens (tertiary/aromatic N) is 2. The van der Waals surface area contributed by atoms with E-state index in [2.05, 4.69) is 27.2 Å². The van der Waals surface area contributed by atoms with E-state index in [0.717, 1.165) is 45.1 Å². The Hall–Kier alpha value is -1.63. The van der Waals surface area contributed by atoms with Gasteiger partial charge in [0.25, 0.3) is 0 Å². The highest BCUT2D eigenvalue weighted by Crippen LogP contribution is 2.19. The molecule has 6 heteroatoms. The zero-order valence-electron chi connectivity index (χ0n) is 13.7. The van der Waals surface area contributed by atoms with Gasteiger partial charge in [-0.15, -0.1) is 0 Å². The molecule has 2 fully saturated rings. The van der Waals surface area contributed by atoms with Crippen LogP contribution in [-0.4, -0.2) is 69.5 Å². The second-order valence-electron chi connectivity index (χ2n) is 6.11. The number of morpholine rings is 2. The molecule has 0 aromatic heterocycles. The smallest absolute Gasteiger partial charge is 0.238 e. The van der Waals surface area contributed by atoms with Crippen molar-refractivity contribution >= 4 is 17.3 Å². The van der Waals surface area contributed by atoms with E-state index < -0.39 is 0 Å². The molecule has 2 aliphatic rings. The van der Waals surface area contributed by atoms with Crippen molar-refractivity contribution in [1.82, 2.24) is 4.90 Å². The van der Waals surface area contributed by atoms with Gasteiger partial charge >= 0.3 is 0 Å². The first-order valence-electron chi connectivity index (χ1n) is 8.27. The fourth-order valence-corrected chi connectivity index (χ4v) is 3.01. The van der Waals surface area contributed by atoms with Crippen LogP contribution in [0.25, 0.3) is 0 Å². The molecule has 0 unspecified atom stereocenters. The molecule has 1 amide bonds. The average Bonchev–Trinajstić information content (AvgIpc) is 2.56. The van der Waals surface area contributed by atoms with Gasteiger partial charge in [0.05, 0.1) is 32.5 Å². The molecule has 2 heterocycles. The van der Waals surface area contributed by atoms with E-state index in [1.807, 2.05) is 19.1 Å². The van der Waals surface area contributed by atoms with Crippen LogP contribution >= 0.6 is 0 Å². The zero-order valence-corrected chi connectivity index (χ0v) is 13.7. The topological polar surface area (TPSA) is 54.0 Å². The van der Waals surface area contributed by atoms with Gasteiger partial charge in [-0.2, -0.15) is 0 Å². The lowest BCUT2D eigenvalue weighted by atomic mass is 10.2. The summed E-state index contributed by atoms with van der Waals surface area (Å²) in [5, 5.41) is 2.97. The van der Waals surface area contributed by atoms with Gasteiger partial charge in [0.1, 0.15) is 0 Å². The maximum Gasteiger partial charge on any atom is 0.238 e. The highest BCUT2D eigenvalue weighted by Gasteiger charge is 2.19. The Morgan fingerprint density at radius 2 is 1.91 bits per heavy atom. The molecule has 3 rings (SSSR count). The number of anilines is 2. The molecule has 2 aliphatic heterocycles. The highest BCUT2D eigenvalue weighted by molar-refractivity contribution is 5.92. The lowest BCUT2D eigenvalue weighted by Crippen LogP contribution is -2.44. The van der Waals surface area contributed by atoms with Crippen LogP contribution in [0.1, 0.15) is 6.92 Å². The van der Waals surface area contributed by atoms with Crippen LogP contribution in [0.3, 0.4) is 0 Å². The highest BCUT2D eigenvalue weighted by atomic mass is 16.5. The molecule has 0 bridgehead atoms. The minimum absolute atomic E-state index is 0.0261. The summed E-state index contributed by atoms with van der Waals surface area (Å²) in [6.45, 7) is 8.15. The number of hydrogen-bond acceptors (Lipinski definition) is 5. The third-order valence-electron chi connectivity index (χ3n) is 4.22. The monoisotopic (exact) mass is 319 g/mol. The first kappa shape index (κ1) is 16.2. The lowest BCUT2D eigenvalue weighted by molar-refractivity contribution is -0.119. The zero-order chi connectivity index (χ0) is 16.1. The van der Waals surface area contributed by atoms with Crippen molar-refractivity contribution in [3.8, 4) is 0 Å². The standard InChI is InChI=1S/C17H25N3O3/c1-14-12-19(6-11-23-14)13-17(21)18-15-2-4-16(5-3-15)20-7-9-22-10-8-20/h2-5,14H,6-13H2,1H3,(H,18,21)/t14-/m0/s1. The second-order valence-corrected chi connectivity index (χ2v) is 6.11.